The second-order valence-corrected chi connectivity index (χ2v) is 5.63. The SMILES string of the molecule is CCCCCCCCCOc1ccccc1.O=S(=O)(O)O.[KH]. The van der Waals surface area contributed by atoms with Crippen LogP contribution in [0.15, 0.2) is 30.3 Å². The number of hydrogen-bond donors (Lipinski definition) is 2. The molecule has 0 saturated carbocycles. The Morgan fingerprint density at radius 1 is 0.909 bits per heavy atom. The van der Waals surface area contributed by atoms with Crippen molar-refractivity contribution in [3.8, 4) is 5.75 Å². The van der Waals surface area contributed by atoms with Crippen LogP contribution in [0.3, 0.4) is 0 Å². The average Bonchev–Trinajstić information content (AvgIpc) is 2.41. The maximum absolute atomic E-state index is 8.74. The van der Waals surface area contributed by atoms with Gasteiger partial charge in [-0.15, -0.1) is 0 Å². The van der Waals surface area contributed by atoms with Gasteiger partial charge < -0.3 is 4.74 Å². The second-order valence-electron chi connectivity index (χ2n) is 4.73. The third kappa shape index (κ3) is 22.8. The summed E-state index contributed by atoms with van der Waals surface area (Å²) in [6, 6.07) is 10.1. The molecule has 0 amide bonds. The number of unbranched alkanes of at least 4 members (excludes halogenated alkanes) is 6. The Morgan fingerprint density at radius 2 is 1.36 bits per heavy atom. The van der Waals surface area contributed by atoms with Crippen LogP contribution in [0, 0.1) is 0 Å². The minimum absolute atomic E-state index is 0. The Morgan fingerprint density at radius 3 is 1.86 bits per heavy atom. The quantitative estimate of drug-likeness (QED) is 0.401. The minimum atomic E-state index is -4.67. The molecule has 0 saturated heterocycles. The van der Waals surface area contributed by atoms with E-state index in [-0.39, 0.29) is 51.4 Å². The molecule has 1 aromatic carbocycles. The molecular weight excluding hydrogens is 331 g/mol. The topological polar surface area (TPSA) is 83.8 Å². The molecule has 0 aliphatic rings. The molecule has 0 fully saturated rings. The summed E-state index contributed by atoms with van der Waals surface area (Å²) in [6.45, 7) is 3.12. The van der Waals surface area contributed by atoms with Gasteiger partial charge in [-0.2, -0.15) is 8.42 Å². The third-order valence-corrected chi connectivity index (χ3v) is 2.76. The van der Waals surface area contributed by atoms with E-state index in [1.54, 1.807) is 0 Å². The third-order valence-electron chi connectivity index (χ3n) is 2.76. The molecule has 0 spiro atoms. The van der Waals surface area contributed by atoms with Crippen molar-refractivity contribution in [2.45, 2.75) is 51.9 Å². The zero-order chi connectivity index (χ0) is 16.0. The predicted molar refractivity (Wildman–Crippen MR) is 91.3 cm³/mol. The van der Waals surface area contributed by atoms with Gasteiger partial charge in [0, 0.05) is 0 Å². The molecule has 0 aliphatic carbocycles. The van der Waals surface area contributed by atoms with E-state index in [9.17, 15) is 0 Å². The number of ether oxygens (including phenoxy) is 1. The summed E-state index contributed by atoms with van der Waals surface area (Å²) in [5.41, 5.74) is 0. The molecule has 124 valence electrons. The molecule has 0 radical (unpaired) electrons. The maximum atomic E-state index is 8.74. The van der Waals surface area contributed by atoms with E-state index < -0.39 is 10.4 Å². The van der Waals surface area contributed by atoms with Crippen molar-refractivity contribution in [2.24, 2.45) is 0 Å². The van der Waals surface area contributed by atoms with Gasteiger partial charge in [0.1, 0.15) is 5.75 Å². The summed E-state index contributed by atoms with van der Waals surface area (Å²) in [6.07, 6.45) is 9.35. The summed E-state index contributed by atoms with van der Waals surface area (Å²) in [4.78, 5) is 0. The number of hydrogen-bond acceptors (Lipinski definition) is 3. The first kappa shape index (κ1) is 24.8. The molecule has 1 rings (SSSR count). The molecule has 0 aliphatic heterocycles. The number of para-hydroxylation sites is 1. The van der Waals surface area contributed by atoms with Crippen LogP contribution in [0.1, 0.15) is 51.9 Å². The molecule has 2 N–H and O–H groups in total. The molecule has 1 aromatic rings. The van der Waals surface area contributed by atoms with E-state index >= 15 is 0 Å². The van der Waals surface area contributed by atoms with Gasteiger partial charge in [0.2, 0.25) is 0 Å². The van der Waals surface area contributed by atoms with Crippen molar-refractivity contribution in [1.29, 1.82) is 0 Å². The van der Waals surface area contributed by atoms with E-state index in [1.807, 2.05) is 30.3 Å². The first-order valence-corrected chi connectivity index (χ1v) is 8.71. The predicted octanol–water partition coefficient (Wildman–Crippen LogP) is 3.51. The van der Waals surface area contributed by atoms with Gasteiger partial charge in [0.25, 0.3) is 0 Å². The molecule has 5 nitrogen and oxygen atoms in total. The molecule has 0 atom stereocenters. The molecule has 0 unspecified atom stereocenters. The van der Waals surface area contributed by atoms with Crippen molar-refractivity contribution >= 4 is 61.8 Å². The molecule has 7 heteroatoms. The van der Waals surface area contributed by atoms with Crippen molar-refractivity contribution in [1.82, 2.24) is 0 Å². The van der Waals surface area contributed by atoms with Gasteiger partial charge in [-0.25, -0.2) is 0 Å². The normalized spacial score (nSPS) is 10.1. The number of benzene rings is 1. The van der Waals surface area contributed by atoms with Crippen LogP contribution in [-0.4, -0.2) is 75.5 Å². The van der Waals surface area contributed by atoms with Gasteiger partial charge in [-0.3, -0.25) is 9.11 Å². The van der Waals surface area contributed by atoms with E-state index in [0.29, 0.717) is 0 Å². The van der Waals surface area contributed by atoms with Gasteiger partial charge in [-0.1, -0.05) is 63.6 Å². The summed E-state index contributed by atoms with van der Waals surface area (Å²) in [5, 5.41) is 0. The summed E-state index contributed by atoms with van der Waals surface area (Å²) in [5.74, 6) is 0.994. The van der Waals surface area contributed by atoms with Crippen molar-refractivity contribution < 1.29 is 22.3 Å². The second kappa shape index (κ2) is 16.4. The van der Waals surface area contributed by atoms with E-state index in [4.69, 9.17) is 22.3 Å². The van der Waals surface area contributed by atoms with Gasteiger partial charge in [0.05, 0.1) is 6.61 Å². The van der Waals surface area contributed by atoms with E-state index in [2.05, 4.69) is 6.92 Å². The van der Waals surface area contributed by atoms with Crippen LogP contribution in [0.25, 0.3) is 0 Å². The molecule has 0 heterocycles. The summed E-state index contributed by atoms with van der Waals surface area (Å²) in [7, 11) is -4.67. The Bertz CT molecular complexity index is 429. The Labute approximate surface area is 176 Å². The van der Waals surface area contributed by atoms with Crippen LogP contribution in [0.5, 0.6) is 5.75 Å². The van der Waals surface area contributed by atoms with Gasteiger partial charge in [-0.05, 0) is 18.6 Å². The van der Waals surface area contributed by atoms with Crippen molar-refractivity contribution in [3.05, 3.63) is 30.3 Å². The summed E-state index contributed by atoms with van der Waals surface area (Å²) >= 11 is 0. The van der Waals surface area contributed by atoms with E-state index in [0.717, 1.165) is 12.4 Å². The van der Waals surface area contributed by atoms with E-state index in [1.165, 1.54) is 44.9 Å². The Kier molecular flexibility index (Phi) is 18.5. The van der Waals surface area contributed by atoms with Gasteiger partial charge in [0.15, 0.2) is 0 Å². The molecule has 0 aromatic heterocycles. The standard InChI is InChI=1S/C15H24O.K.H2O4S.H/c1-2-3-4-5-6-7-11-14-16-15-12-9-8-10-13-15;;1-5(2,3)4;/h8-10,12-13H,2-7,11,14H2,1H3;;(H2,1,2,3,4);. The molecular formula is C15H27KO5S. The summed E-state index contributed by atoms with van der Waals surface area (Å²) < 4.78 is 37.2. The fourth-order valence-electron chi connectivity index (χ4n) is 1.77. The first-order valence-electron chi connectivity index (χ1n) is 7.31. The molecule has 0 bridgehead atoms. The zero-order valence-corrected chi connectivity index (χ0v) is 13.4. The van der Waals surface area contributed by atoms with Crippen LogP contribution in [0.4, 0.5) is 0 Å². The average molecular weight is 359 g/mol. The number of rotatable bonds is 9. The molecule has 22 heavy (non-hydrogen) atoms. The van der Waals surface area contributed by atoms with Crippen molar-refractivity contribution in [3.63, 3.8) is 0 Å². The first-order chi connectivity index (χ1) is 9.93. The zero-order valence-electron chi connectivity index (χ0n) is 12.6. The fourth-order valence-corrected chi connectivity index (χ4v) is 1.77. The van der Waals surface area contributed by atoms with Crippen LogP contribution in [0.2, 0.25) is 0 Å². The monoisotopic (exact) mass is 358 g/mol. The Hall–Kier alpha value is 0.526. The van der Waals surface area contributed by atoms with Gasteiger partial charge >= 0.3 is 61.8 Å². The Balaban J connectivity index is 0. The fraction of sp³-hybridized carbons (Fsp3) is 0.600. The van der Waals surface area contributed by atoms with Crippen LogP contribution < -0.4 is 4.74 Å². The van der Waals surface area contributed by atoms with Crippen LogP contribution in [-0.2, 0) is 10.4 Å². The van der Waals surface area contributed by atoms with Crippen LogP contribution >= 0.6 is 0 Å². The van der Waals surface area contributed by atoms with Crippen molar-refractivity contribution in [2.75, 3.05) is 6.61 Å².